The van der Waals surface area contributed by atoms with Gasteiger partial charge in [0.05, 0.1) is 0 Å². The third-order valence-corrected chi connectivity index (χ3v) is 4.31. The highest BCUT2D eigenvalue weighted by atomic mass is 16.3. The van der Waals surface area contributed by atoms with Crippen LogP contribution in [0.25, 0.3) is 0 Å². The summed E-state index contributed by atoms with van der Waals surface area (Å²) in [5.41, 5.74) is 0.857. The van der Waals surface area contributed by atoms with Crippen LogP contribution in [0.1, 0.15) is 83.1 Å². The summed E-state index contributed by atoms with van der Waals surface area (Å²) in [4.78, 5) is 0. The lowest BCUT2D eigenvalue weighted by Gasteiger charge is -2.05. The lowest BCUT2D eigenvalue weighted by atomic mass is 10.0. The summed E-state index contributed by atoms with van der Waals surface area (Å²) in [6.07, 6.45) is 19.5. The van der Waals surface area contributed by atoms with E-state index in [1.165, 1.54) is 70.3 Å². The van der Waals surface area contributed by atoms with E-state index in [0.717, 1.165) is 18.4 Å². The topological polar surface area (TPSA) is 40.5 Å². The molecule has 0 amide bonds. The third-order valence-electron chi connectivity index (χ3n) is 4.31. The van der Waals surface area contributed by atoms with Gasteiger partial charge in [0.1, 0.15) is 0 Å². The van der Waals surface area contributed by atoms with E-state index in [-0.39, 0.29) is 11.5 Å². The molecule has 2 N–H and O–H groups in total. The first-order valence-corrected chi connectivity index (χ1v) is 9.40. The maximum atomic E-state index is 9.73. The minimum absolute atomic E-state index is 0.0102. The van der Waals surface area contributed by atoms with Crippen molar-refractivity contribution in [3.8, 4) is 11.5 Å². The fraction of sp³-hybridized carbons (Fsp3) is 0.619. The average molecular weight is 319 g/mol. The molecule has 2 heteroatoms. The second-order valence-corrected chi connectivity index (χ2v) is 6.41. The summed E-state index contributed by atoms with van der Waals surface area (Å²) in [5.74, 6) is 0.0422. The van der Waals surface area contributed by atoms with E-state index in [0.29, 0.717) is 0 Å². The van der Waals surface area contributed by atoms with Crippen molar-refractivity contribution in [1.82, 2.24) is 0 Å². The maximum Gasteiger partial charge on any atom is 0.160 e. The van der Waals surface area contributed by atoms with Crippen LogP contribution in [0.2, 0.25) is 0 Å². The summed E-state index contributed by atoms with van der Waals surface area (Å²) in [6.45, 7) is 2.25. The van der Waals surface area contributed by atoms with Gasteiger partial charge in [-0.15, -0.1) is 0 Å². The highest BCUT2D eigenvalue weighted by Crippen LogP contribution is 2.29. The molecule has 0 saturated heterocycles. The molecule has 0 saturated carbocycles. The van der Waals surface area contributed by atoms with E-state index in [4.69, 9.17) is 0 Å². The first kappa shape index (κ1) is 19.6. The smallest absolute Gasteiger partial charge is 0.160 e. The van der Waals surface area contributed by atoms with Crippen LogP contribution in [0.4, 0.5) is 0 Å². The molecular weight excluding hydrogens is 284 g/mol. The normalized spacial score (nSPS) is 11.3. The highest BCUT2D eigenvalue weighted by molar-refractivity contribution is 5.44. The quantitative estimate of drug-likeness (QED) is 0.247. The van der Waals surface area contributed by atoms with E-state index in [1.54, 1.807) is 6.07 Å². The van der Waals surface area contributed by atoms with Crippen LogP contribution in [0, 0.1) is 0 Å². The van der Waals surface area contributed by atoms with Crippen LogP contribution in [0.15, 0.2) is 30.4 Å². The maximum absolute atomic E-state index is 9.73. The number of benzene rings is 1. The van der Waals surface area contributed by atoms with E-state index < -0.39 is 0 Å². The predicted molar refractivity (Wildman–Crippen MR) is 99.1 cm³/mol. The van der Waals surface area contributed by atoms with E-state index in [9.17, 15) is 10.2 Å². The molecule has 0 unspecified atom stereocenters. The molecule has 0 aromatic heterocycles. The standard InChI is InChI=1S/C21H34O2/c1-2-3-4-5-6-7-8-9-10-11-12-13-14-16-19-17-15-18-20(22)21(19)23/h7-8,15,17-18,22-23H,2-6,9-14,16H2,1H3/b8-7-. The fourth-order valence-electron chi connectivity index (χ4n) is 2.81. The van der Waals surface area contributed by atoms with Crippen LogP contribution in [-0.4, -0.2) is 10.2 Å². The molecule has 0 aliphatic heterocycles. The molecule has 0 atom stereocenters. The zero-order valence-electron chi connectivity index (χ0n) is 14.8. The second kappa shape index (κ2) is 13.0. The van der Waals surface area contributed by atoms with Gasteiger partial charge in [-0.3, -0.25) is 0 Å². The summed E-state index contributed by atoms with van der Waals surface area (Å²) in [7, 11) is 0. The monoisotopic (exact) mass is 318 g/mol. The van der Waals surface area contributed by atoms with Gasteiger partial charge in [-0.05, 0) is 50.2 Å². The van der Waals surface area contributed by atoms with E-state index in [1.807, 2.05) is 6.07 Å². The van der Waals surface area contributed by atoms with Crippen molar-refractivity contribution in [2.24, 2.45) is 0 Å². The van der Waals surface area contributed by atoms with E-state index >= 15 is 0 Å². The summed E-state index contributed by atoms with van der Waals surface area (Å²) in [5, 5.41) is 19.2. The molecular formula is C21H34O2. The van der Waals surface area contributed by atoms with Crippen LogP contribution in [0.5, 0.6) is 11.5 Å². The minimum Gasteiger partial charge on any atom is -0.504 e. The number of aromatic hydroxyl groups is 2. The van der Waals surface area contributed by atoms with Crippen LogP contribution in [-0.2, 0) is 6.42 Å². The molecule has 1 rings (SSSR count). The van der Waals surface area contributed by atoms with Gasteiger partial charge < -0.3 is 10.2 Å². The molecule has 2 nitrogen and oxygen atoms in total. The Bertz CT molecular complexity index is 437. The van der Waals surface area contributed by atoms with E-state index in [2.05, 4.69) is 19.1 Å². The average Bonchev–Trinajstić information content (AvgIpc) is 2.55. The van der Waals surface area contributed by atoms with Gasteiger partial charge in [0.25, 0.3) is 0 Å². The number of phenolic OH excluding ortho intramolecular Hbond substituents is 2. The molecule has 130 valence electrons. The molecule has 23 heavy (non-hydrogen) atoms. The van der Waals surface area contributed by atoms with Gasteiger partial charge in [0.15, 0.2) is 11.5 Å². The van der Waals surface area contributed by atoms with Gasteiger partial charge in [0.2, 0.25) is 0 Å². The van der Waals surface area contributed by atoms with Crippen molar-refractivity contribution in [2.45, 2.75) is 84.0 Å². The largest absolute Gasteiger partial charge is 0.504 e. The van der Waals surface area contributed by atoms with Crippen molar-refractivity contribution >= 4 is 0 Å². The zero-order valence-corrected chi connectivity index (χ0v) is 14.8. The molecule has 0 heterocycles. The molecule has 0 spiro atoms. The van der Waals surface area contributed by atoms with Crippen molar-refractivity contribution in [3.05, 3.63) is 35.9 Å². The Labute approximate surface area is 142 Å². The minimum atomic E-state index is -0.0102. The van der Waals surface area contributed by atoms with Gasteiger partial charge >= 0.3 is 0 Å². The molecule has 1 aromatic carbocycles. The van der Waals surface area contributed by atoms with Crippen molar-refractivity contribution < 1.29 is 10.2 Å². The molecule has 0 aliphatic carbocycles. The summed E-state index contributed by atoms with van der Waals surface area (Å²) >= 11 is 0. The zero-order chi connectivity index (χ0) is 16.8. The number of hydrogen-bond donors (Lipinski definition) is 2. The van der Waals surface area contributed by atoms with Gasteiger partial charge in [-0.25, -0.2) is 0 Å². The Hall–Kier alpha value is -1.44. The number of hydrogen-bond acceptors (Lipinski definition) is 2. The molecule has 0 fully saturated rings. The van der Waals surface area contributed by atoms with Crippen molar-refractivity contribution in [3.63, 3.8) is 0 Å². The van der Waals surface area contributed by atoms with Crippen molar-refractivity contribution in [1.29, 1.82) is 0 Å². The van der Waals surface area contributed by atoms with Crippen LogP contribution < -0.4 is 0 Å². The summed E-state index contributed by atoms with van der Waals surface area (Å²) < 4.78 is 0. The second-order valence-electron chi connectivity index (χ2n) is 6.41. The lowest BCUT2D eigenvalue weighted by molar-refractivity contribution is 0.398. The number of aryl methyl sites for hydroxylation is 1. The SMILES string of the molecule is CCCCCC/C=C\CCCCCCCc1cccc(O)c1O. The predicted octanol–water partition coefficient (Wildman–Crippen LogP) is 6.51. The highest BCUT2D eigenvalue weighted by Gasteiger charge is 2.04. The number of para-hydroxylation sites is 1. The number of phenols is 2. The Morgan fingerprint density at radius 1 is 0.783 bits per heavy atom. The van der Waals surface area contributed by atoms with Gasteiger partial charge in [0, 0.05) is 0 Å². The Balaban J connectivity index is 1.94. The molecule has 1 aromatic rings. The molecule has 0 bridgehead atoms. The number of allylic oxidation sites excluding steroid dienone is 2. The number of unbranched alkanes of at least 4 members (excludes halogenated alkanes) is 9. The Morgan fingerprint density at radius 3 is 2.09 bits per heavy atom. The fourth-order valence-corrected chi connectivity index (χ4v) is 2.81. The molecule has 0 aliphatic rings. The first-order valence-electron chi connectivity index (χ1n) is 9.40. The van der Waals surface area contributed by atoms with Crippen molar-refractivity contribution in [2.75, 3.05) is 0 Å². The number of rotatable bonds is 13. The van der Waals surface area contributed by atoms with Gasteiger partial charge in [-0.1, -0.05) is 69.7 Å². The Kier molecular flexibility index (Phi) is 11.1. The lowest BCUT2D eigenvalue weighted by Crippen LogP contribution is -1.87. The molecule has 0 radical (unpaired) electrons. The van der Waals surface area contributed by atoms with Crippen LogP contribution in [0.3, 0.4) is 0 Å². The van der Waals surface area contributed by atoms with Crippen LogP contribution >= 0.6 is 0 Å². The first-order chi connectivity index (χ1) is 11.3. The van der Waals surface area contributed by atoms with Gasteiger partial charge in [-0.2, -0.15) is 0 Å². The third kappa shape index (κ3) is 9.32. The summed E-state index contributed by atoms with van der Waals surface area (Å²) in [6, 6.07) is 5.20. The Morgan fingerprint density at radius 2 is 1.39 bits per heavy atom.